The molecule has 0 aliphatic heterocycles. The molecule has 138 valence electrons. The Balaban J connectivity index is 1.94. The fourth-order valence-corrected chi connectivity index (χ4v) is 4.49. The van der Waals surface area contributed by atoms with E-state index in [0.717, 1.165) is 22.9 Å². The fraction of sp³-hybridized carbons (Fsp3) is 0.526. The van der Waals surface area contributed by atoms with E-state index in [2.05, 4.69) is 15.9 Å². The van der Waals surface area contributed by atoms with Crippen LogP contribution in [0.3, 0.4) is 0 Å². The van der Waals surface area contributed by atoms with Gasteiger partial charge in [-0.1, -0.05) is 21.5 Å². The summed E-state index contributed by atoms with van der Waals surface area (Å²) in [6.07, 6.45) is 3.47. The molecule has 1 aliphatic carbocycles. The number of allylic oxidation sites excluding steroid dienone is 1. The molecule has 0 amide bonds. The van der Waals surface area contributed by atoms with Crippen LogP contribution in [0.4, 0.5) is 0 Å². The molecule has 25 heavy (non-hydrogen) atoms. The van der Waals surface area contributed by atoms with Crippen molar-refractivity contribution in [2.45, 2.75) is 63.4 Å². The average molecular weight is 429 g/mol. The minimum Gasteiger partial charge on any atom is -0.460 e. The Morgan fingerprint density at radius 1 is 1.20 bits per heavy atom. The maximum atomic E-state index is 12.5. The first-order valence-corrected chi connectivity index (χ1v) is 10.8. The quantitative estimate of drug-likeness (QED) is 0.630. The summed E-state index contributed by atoms with van der Waals surface area (Å²) in [5, 5.41) is 1.40. The van der Waals surface area contributed by atoms with Crippen molar-refractivity contribution in [2.75, 3.05) is 0 Å². The second kappa shape index (κ2) is 8.04. The molecule has 0 N–H and O–H groups in total. The summed E-state index contributed by atoms with van der Waals surface area (Å²) in [5.74, 6) is 0.0924. The Morgan fingerprint density at radius 2 is 1.76 bits per heavy atom. The van der Waals surface area contributed by atoms with E-state index in [-0.39, 0.29) is 11.9 Å². The summed E-state index contributed by atoms with van der Waals surface area (Å²) in [5.41, 5.74) is 0.471. The lowest BCUT2D eigenvalue weighted by Gasteiger charge is -2.25. The Hall–Kier alpha value is -1.14. The Labute approximate surface area is 158 Å². The molecule has 1 aromatic rings. The smallest absolute Gasteiger partial charge is 0.306 e. The van der Waals surface area contributed by atoms with Gasteiger partial charge in [-0.15, -0.1) is 0 Å². The molecule has 4 nitrogen and oxygen atoms in total. The SMILES string of the molecule is CC(C)(C)OC(=O)CC1CCC(=CS(=O)(=O)c2ccc(Br)cc2)CC1. The Morgan fingerprint density at radius 3 is 2.28 bits per heavy atom. The first kappa shape index (κ1) is 20.2. The lowest BCUT2D eigenvalue weighted by atomic mass is 9.84. The van der Waals surface area contributed by atoms with Crippen LogP contribution in [-0.2, 0) is 19.4 Å². The van der Waals surface area contributed by atoms with Crippen LogP contribution in [0.15, 0.2) is 44.6 Å². The molecule has 0 spiro atoms. The molecule has 1 aromatic carbocycles. The van der Waals surface area contributed by atoms with Crippen molar-refractivity contribution < 1.29 is 17.9 Å². The number of benzene rings is 1. The number of sulfone groups is 1. The predicted octanol–water partition coefficient (Wildman–Crippen LogP) is 5.03. The van der Waals surface area contributed by atoms with E-state index in [4.69, 9.17) is 4.74 Å². The van der Waals surface area contributed by atoms with Gasteiger partial charge in [0, 0.05) is 16.3 Å². The topological polar surface area (TPSA) is 60.4 Å². The van der Waals surface area contributed by atoms with Crippen molar-refractivity contribution >= 4 is 31.7 Å². The zero-order chi connectivity index (χ0) is 18.7. The van der Waals surface area contributed by atoms with Gasteiger partial charge in [0.1, 0.15) is 5.60 Å². The van der Waals surface area contributed by atoms with Crippen LogP contribution < -0.4 is 0 Å². The summed E-state index contributed by atoms with van der Waals surface area (Å²) < 4.78 is 31.1. The van der Waals surface area contributed by atoms with Gasteiger partial charge < -0.3 is 4.74 Å². The van der Waals surface area contributed by atoms with Crippen molar-refractivity contribution in [3.05, 3.63) is 39.7 Å². The van der Waals surface area contributed by atoms with Crippen molar-refractivity contribution in [2.24, 2.45) is 5.92 Å². The highest BCUT2D eigenvalue weighted by Gasteiger charge is 2.24. The maximum absolute atomic E-state index is 12.5. The van der Waals surface area contributed by atoms with Crippen LogP contribution in [0.1, 0.15) is 52.9 Å². The van der Waals surface area contributed by atoms with Gasteiger partial charge in [0.15, 0.2) is 9.84 Å². The summed E-state index contributed by atoms with van der Waals surface area (Å²) in [4.78, 5) is 12.2. The molecule has 0 aromatic heterocycles. The number of carbonyl (C=O) groups excluding carboxylic acids is 1. The first-order chi connectivity index (χ1) is 11.5. The minimum absolute atomic E-state index is 0.174. The van der Waals surface area contributed by atoms with Crippen molar-refractivity contribution in [1.29, 1.82) is 0 Å². The Bertz CT molecular complexity index is 733. The largest absolute Gasteiger partial charge is 0.460 e. The van der Waals surface area contributed by atoms with E-state index in [1.807, 2.05) is 20.8 Å². The van der Waals surface area contributed by atoms with Crippen molar-refractivity contribution in [3.8, 4) is 0 Å². The molecule has 0 unspecified atom stereocenters. The summed E-state index contributed by atoms with van der Waals surface area (Å²) in [6.45, 7) is 5.58. The molecule has 0 radical (unpaired) electrons. The van der Waals surface area contributed by atoms with E-state index in [9.17, 15) is 13.2 Å². The number of esters is 1. The van der Waals surface area contributed by atoms with E-state index in [0.29, 0.717) is 24.2 Å². The normalized spacial score (nSPS) is 18.7. The monoisotopic (exact) mass is 428 g/mol. The van der Waals surface area contributed by atoms with Gasteiger partial charge in [0.25, 0.3) is 0 Å². The highest BCUT2D eigenvalue weighted by molar-refractivity contribution is 9.10. The second-order valence-electron chi connectivity index (χ2n) is 7.51. The van der Waals surface area contributed by atoms with Gasteiger partial charge in [-0.05, 0) is 76.6 Å². The molecule has 0 bridgehead atoms. The van der Waals surface area contributed by atoms with Crippen LogP contribution >= 0.6 is 15.9 Å². The van der Waals surface area contributed by atoms with Gasteiger partial charge in [-0.2, -0.15) is 0 Å². The molecule has 6 heteroatoms. The van der Waals surface area contributed by atoms with Gasteiger partial charge in [0.05, 0.1) is 4.90 Å². The highest BCUT2D eigenvalue weighted by atomic mass is 79.9. The van der Waals surface area contributed by atoms with Crippen LogP contribution in [0.25, 0.3) is 0 Å². The van der Waals surface area contributed by atoms with E-state index in [1.165, 1.54) is 5.41 Å². The maximum Gasteiger partial charge on any atom is 0.306 e. The molecule has 0 atom stereocenters. The third kappa shape index (κ3) is 6.59. The van der Waals surface area contributed by atoms with Gasteiger partial charge in [-0.25, -0.2) is 8.42 Å². The van der Waals surface area contributed by atoms with Crippen LogP contribution in [0, 0.1) is 5.92 Å². The number of hydrogen-bond donors (Lipinski definition) is 0. The predicted molar refractivity (Wildman–Crippen MR) is 102 cm³/mol. The number of halogens is 1. The number of hydrogen-bond acceptors (Lipinski definition) is 4. The summed E-state index contributed by atoms with van der Waals surface area (Å²) in [7, 11) is -3.42. The van der Waals surface area contributed by atoms with E-state index in [1.54, 1.807) is 24.3 Å². The molecule has 0 heterocycles. The molecule has 2 rings (SSSR count). The molecule has 1 fully saturated rings. The summed E-state index contributed by atoms with van der Waals surface area (Å²) >= 11 is 3.31. The van der Waals surface area contributed by atoms with Crippen molar-refractivity contribution in [1.82, 2.24) is 0 Å². The standard InChI is InChI=1S/C19H25BrO4S/c1-19(2,3)24-18(21)12-14-4-6-15(7-5-14)13-25(22,23)17-10-8-16(20)9-11-17/h8-11,13-14H,4-7,12H2,1-3H3. The summed E-state index contributed by atoms with van der Waals surface area (Å²) in [6, 6.07) is 6.65. The van der Waals surface area contributed by atoms with Crippen LogP contribution in [0.2, 0.25) is 0 Å². The zero-order valence-corrected chi connectivity index (χ0v) is 17.3. The highest BCUT2D eigenvalue weighted by Crippen LogP contribution is 2.32. The third-order valence-electron chi connectivity index (χ3n) is 4.09. The fourth-order valence-electron chi connectivity index (χ4n) is 2.90. The lowest BCUT2D eigenvalue weighted by molar-refractivity contribution is -0.156. The minimum atomic E-state index is -3.42. The van der Waals surface area contributed by atoms with Crippen LogP contribution in [0.5, 0.6) is 0 Å². The first-order valence-electron chi connectivity index (χ1n) is 8.47. The van der Waals surface area contributed by atoms with Crippen LogP contribution in [-0.4, -0.2) is 20.0 Å². The van der Waals surface area contributed by atoms with Gasteiger partial charge >= 0.3 is 5.97 Å². The second-order valence-corrected chi connectivity index (χ2v) is 10.2. The number of rotatable bonds is 4. The number of ether oxygens (including phenoxy) is 1. The lowest BCUT2D eigenvalue weighted by Crippen LogP contribution is -2.25. The molecular formula is C19H25BrO4S. The van der Waals surface area contributed by atoms with Crippen molar-refractivity contribution in [3.63, 3.8) is 0 Å². The van der Waals surface area contributed by atoms with Gasteiger partial charge in [0.2, 0.25) is 0 Å². The van der Waals surface area contributed by atoms with E-state index >= 15 is 0 Å². The van der Waals surface area contributed by atoms with E-state index < -0.39 is 15.4 Å². The molecule has 0 saturated heterocycles. The zero-order valence-electron chi connectivity index (χ0n) is 14.9. The Kier molecular flexibility index (Phi) is 6.49. The molecule has 1 saturated carbocycles. The van der Waals surface area contributed by atoms with Gasteiger partial charge in [-0.3, -0.25) is 4.79 Å². The third-order valence-corrected chi connectivity index (χ3v) is 6.19. The number of carbonyl (C=O) groups is 1. The molecular weight excluding hydrogens is 404 g/mol. The average Bonchev–Trinajstić information content (AvgIpc) is 2.47. The molecule has 1 aliphatic rings.